The van der Waals surface area contributed by atoms with Gasteiger partial charge < -0.3 is 11.5 Å². The zero-order chi connectivity index (χ0) is 11.2. The maximum atomic E-state index is 5.86. The average Bonchev–Trinajstić information content (AvgIpc) is 1.94. The van der Waals surface area contributed by atoms with Crippen LogP contribution in [0.2, 0.25) is 0 Å². The number of aliphatic imine (C=N–C) groups is 1. The maximum Gasteiger partial charge on any atom is 0.0905 e. The predicted octanol–water partition coefficient (Wildman–Crippen LogP) is 2.67. The van der Waals surface area contributed by atoms with E-state index in [1.54, 1.807) is 0 Å². The third-order valence-corrected chi connectivity index (χ3v) is 1.71. The highest BCUT2D eigenvalue weighted by molar-refractivity contribution is 5.85. The third-order valence-electron chi connectivity index (χ3n) is 1.71. The van der Waals surface area contributed by atoms with Gasteiger partial charge >= 0.3 is 0 Å². The molecule has 5 heteroatoms. The summed E-state index contributed by atoms with van der Waals surface area (Å²) in [5.41, 5.74) is 12.4. The molecule has 0 saturated heterocycles. The number of rotatable bonds is 5. The predicted molar refractivity (Wildman–Crippen MR) is 77.9 cm³/mol. The largest absolute Gasteiger partial charge is 0.388 e. The SMILES string of the molecule is CC(N)=NCCC/C(C)=C/C(C)(C)N.Cl.Cl. The molecule has 0 aliphatic heterocycles. The molecule has 3 nitrogen and oxygen atoms in total. The minimum Gasteiger partial charge on any atom is -0.388 e. The summed E-state index contributed by atoms with van der Waals surface area (Å²) in [5, 5.41) is 0. The van der Waals surface area contributed by atoms with Crippen LogP contribution in [0.4, 0.5) is 0 Å². The van der Waals surface area contributed by atoms with Crippen LogP contribution in [0.1, 0.15) is 40.5 Å². The molecule has 0 saturated carbocycles. The number of allylic oxidation sites excluding steroid dienone is 1. The van der Waals surface area contributed by atoms with Gasteiger partial charge in [-0.2, -0.15) is 0 Å². The van der Waals surface area contributed by atoms with Crippen LogP contribution in [0.3, 0.4) is 0 Å². The van der Waals surface area contributed by atoms with Crippen molar-refractivity contribution in [2.24, 2.45) is 16.5 Å². The normalized spacial score (nSPS) is 12.8. The zero-order valence-corrected chi connectivity index (χ0v) is 12.3. The Morgan fingerprint density at radius 3 is 2.12 bits per heavy atom. The van der Waals surface area contributed by atoms with Gasteiger partial charge in [0.15, 0.2) is 0 Å². The summed E-state index contributed by atoms with van der Waals surface area (Å²) in [6, 6.07) is 0. The summed E-state index contributed by atoms with van der Waals surface area (Å²) in [7, 11) is 0. The van der Waals surface area contributed by atoms with Crippen LogP contribution in [0.15, 0.2) is 16.6 Å². The summed E-state index contributed by atoms with van der Waals surface area (Å²) in [6.07, 6.45) is 4.18. The van der Waals surface area contributed by atoms with E-state index in [0.29, 0.717) is 5.84 Å². The lowest BCUT2D eigenvalue weighted by Crippen LogP contribution is -2.29. The second-order valence-corrected chi connectivity index (χ2v) is 4.44. The minimum absolute atomic E-state index is 0. The molecule has 0 unspecified atom stereocenters. The van der Waals surface area contributed by atoms with Crippen LogP contribution in [0.5, 0.6) is 0 Å². The van der Waals surface area contributed by atoms with E-state index in [4.69, 9.17) is 11.5 Å². The molecule has 0 aromatic carbocycles. The molecule has 0 heterocycles. The Hall–Kier alpha value is -0.250. The fraction of sp³-hybridized carbons (Fsp3) is 0.727. The Morgan fingerprint density at radius 2 is 1.75 bits per heavy atom. The highest BCUT2D eigenvalue weighted by Gasteiger charge is 2.05. The van der Waals surface area contributed by atoms with Gasteiger partial charge in [0.2, 0.25) is 0 Å². The second kappa shape index (κ2) is 9.94. The number of nitrogens with zero attached hydrogens (tertiary/aromatic N) is 1. The zero-order valence-electron chi connectivity index (χ0n) is 10.6. The Morgan fingerprint density at radius 1 is 1.25 bits per heavy atom. The average molecular weight is 270 g/mol. The van der Waals surface area contributed by atoms with Crippen molar-refractivity contribution in [1.82, 2.24) is 0 Å². The molecule has 0 amide bonds. The van der Waals surface area contributed by atoms with E-state index in [2.05, 4.69) is 18.0 Å². The highest BCUT2D eigenvalue weighted by Crippen LogP contribution is 2.09. The Balaban J connectivity index is -0.000000845. The molecule has 4 N–H and O–H groups in total. The van der Waals surface area contributed by atoms with Crippen molar-refractivity contribution in [1.29, 1.82) is 0 Å². The van der Waals surface area contributed by atoms with E-state index in [9.17, 15) is 0 Å². The number of halogens is 2. The fourth-order valence-electron chi connectivity index (χ4n) is 1.32. The van der Waals surface area contributed by atoms with Gasteiger partial charge in [-0.3, -0.25) is 4.99 Å². The van der Waals surface area contributed by atoms with Crippen molar-refractivity contribution >= 4 is 30.6 Å². The fourth-order valence-corrected chi connectivity index (χ4v) is 1.32. The van der Waals surface area contributed by atoms with Crippen LogP contribution < -0.4 is 11.5 Å². The van der Waals surface area contributed by atoms with Crippen LogP contribution in [0, 0.1) is 0 Å². The number of nitrogens with two attached hydrogens (primary N) is 2. The lowest BCUT2D eigenvalue weighted by Gasteiger charge is -2.14. The van der Waals surface area contributed by atoms with Crippen LogP contribution in [-0.2, 0) is 0 Å². The van der Waals surface area contributed by atoms with Crippen LogP contribution in [-0.4, -0.2) is 17.9 Å². The molecule has 0 aromatic heterocycles. The molecular formula is C11H25Cl2N3. The van der Waals surface area contributed by atoms with Crippen molar-refractivity contribution < 1.29 is 0 Å². The first-order valence-corrected chi connectivity index (χ1v) is 5.05. The third kappa shape index (κ3) is 16.2. The lowest BCUT2D eigenvalue weighted by atomic mass is 10.0. The van der Waals surface area contributed by atoms with Gasteiger partial charge in [-0.25, -0.2) is 0 Å². The molecule has 0 atom stereocenters. The molecule has 0 rings (SSSR count). The van der Waals surface area contributed by atoms with Gasteiger partial charge in [0.05, 0.1) is 5.84 Å². The van der Waals surface area contributed by atoms with Gasteiger partial charge in [-0.1, -0.05) is 11.6 Å². The molecule has 0 aliphatic carbocycles. The summed E-state index contributed by atoms with van der Waals surface area (Å²) in [6.45, 7) is 8.72. The molecular weight excluding hydrogens is 245 g/mol. The van der Waals surface area contributed by atoms with Gasteiger partial charge in [0, 0.05) is 12.1 Å². The molecule has 0 spiro atoms. The Labute approximate surface area is 112 Å². The van der Waals surface area contributed by atoms with E-state index in [1.165, 1.54) is 5.57 Å². The molecule has 0 aromatic rings. The van der Waals surface area contributed by atoms with Crippen molar-refractivity contribution in [3.05, 3.63) is 11.6 Å². The number of hydrogen-bond acceptors (Lipinski definition) is 2. The molecule has 16 heavy (non-hydrogen) atoms. The first kappa shape index (κ1) is 21.1. The van der Waals surface area contributed by atoms with E-state index < -0.39 is 0 Å². The van der Waals surface area contributed by atoms with Crippen molar-refractivity contribution in [3.8, 4) is 0 Å². The highest BCUT2D eigenvalue weighted by atomic mass is 35.5. The molecule has 0 fully saturated rings. The topological polar surface area (TPSA) is 64.4 Å². The van der Waals surface area contributed by atoms with Crippen LogP contribution in [0.25, 0.3) is 0 Å². The van der Waals surface area contributed by atoms with E-state index in [-0.39, 0.29) is 30.4 Å². The first-order valence-electron chi connectivity index (χ1n) is 5.05. The number of hydrogen-bond donors (Lipinski definition) is 2. The quantitative estimate of drug-likeness (QED) is 0.349. The van der Waals surface area contributed by atoms with Gasteiger partial charge in [-0.15, -0.1) is 24.8 Å². The number of amidine groups is 1. The minimum atomic E-state index is -0.211. The Bertz CT molecular complexity index is 226. The first-order chi connectivity index (χ1) is 6.31. The van der Waals surface area contributed by atoms with Gasteiger partial charge in [0.1, 0.15) is 0 Å². The molecule has 0 bridgehead atoms. The van der Waals surface area contributed by atoms with E-state index in [1.807, 2.05) is 20.8 Å². The lowest BCUT2D eigenvalue weighted by molar-refractivity contribution is 0.642. The second-order valence-electron chi connectivity index (χ2n) is 4.44. The summed E-state index contributed by atoms with van der Waals surface area (Å²) in [4.78, 5) is 4.13. The molecule has 98 valence electrons. The Kier molecular flexibility index (Phi) is 13.1. The molecule has 0 aliphatic rings. The maximum absolute atomic E-state index is 5.86. The standard InChI is InChI=1S/C11H23N3.2ClH/c1-9(8-11(3,4)13)6-5-7-14-10(2)12;;/h8H,5-7,13H2,1-4H3,(H2,12,14);2*1H/b9-8+;;. The van der Waals surface area contributed by atoms with Crippen molar-refractivity contribution in [3.63, 3.8) is 0 Å². The van der Waals surface area contributed by atoms with E-state index in [0.717, 1.165) is 19.4 Å². The van der Waals surface area contributed by atoms with E-state index >= 15 is 0 Å². The van der Waals surface area contributed by atoms with Crippen molar-refractivity contribution in [2.45, 2.75) is 46.1 Å². The van der Waals surface area contributed by atoms with Gasteiger partial charge in [-0.05, 0) is 40.5 Å². The summed E-state index contributed by atoms with van der Waals surface area (Å²) < 4.78 is 0. The van der Waals surface area contributed by atoms with Gasteiger partial charge in [0.25, 0.3) is 0 Å². The van der Waals surface area contributed by atoms with Crippen LogP contribution >= 0.6 is 24.8 Å². The smallest absolute Gasteiger partial charge is 0.0905 e. The van der Waals surface area contributed by atoms with Crippen molar-refractivity contribution in [2.75, 3.05) is 6.54 Å². The summed E-state index contributed by atoms with van der Waals surface area (Å²) >= 11 is 0. The summed E-state index contributed by atoms with van der Waals surface area (Å²) in [5.74, 6) is 0.658. The monoisotopic (exact) mass is 269 g/mol. The molecule has 0 radical (unpaired) electrons.